The first-order valence-electron chi connectivity index (χ1n) is 14.4. The molecule has 0 unspecified atom stereocenters. The van der Waals surface area contributed by atoms with Gasteiger partial charge in [0.05, 0.1) is 43.3 Å². The molecule has 2 aromatic carbocycles. The maximum Gasteiger partial charge on any atom is 0.407 e. The lowest BCUT2D eigenvalue weighted by Gasteiger charge is -2.31. The highest BCUT2D eigenvalue weighted by Gasteiger charge is 2.56. The molecule has 7 atom stereocenters. The monoisotopic (exact) mass is 604 g/mol. The number of rotatable bonds is 12. The predicted octanol–water partition coefficient (Wildman–Crippen LogP) is 2.77. The van der Waals surface area contributed by atoms with E-state index in [1.54, 1.807) is 12.1 Å². The van der Waals surface area contributed by atoms with Crippen molar-refractivity contribution in [2.24, 2.45) is 17.8 Å². The number of hydrogen-bond donors (Lipinski definition) is 2. The molecule has 0 aliphatic carbocycles. The molecule has 42 heavy (non-hydrogen) atoms. The maximum absolute atomic E-state index is 13.7. The molecule has 0 aromatic heterocycles. The summed E-state index contributed by atoms with van der Waals surface area (Å²) in [5.74, 6) is 0.489. The Balaban J connectivity index is 1.31. The molecule has 0 radical (unpaired) electrons. The summed E-state index contributed by atoms with van der Waals surface area (Å²) >= 11 is 0. The maximum atomic E-state index is 13.7. The molecule has 0 spiro atoms. The number of fused-ring (bicyclic) bond motifs is 3. The third kappa shape index (κ3) is 6.90. The van der Waals surface area contributed by atoms with Crippen LogP contribution in [0.25, 0.3) is 0 Å². The molecule has 11 nitrogen and oxygen atoms in total. The minimum absolute atomic E-state index is 0.0111. The zero-order valence-electron chi connectivity index (χ0n) is 24.1. The van der Waals surface area contributed by atoms with Gasteiger partial charge < -0.3 is 34.1 Å². The number of nitrogens with one attached hydrogen (secondary N) is 1. The second-order valence-corrected chi connectivity index (χ2v) is 13.4. The standard InChI is InChI=1S/C30H40N2O9S/c1-19(2)16-32(42(35,36)22-11-9-21(37-3)10-12-22)17-25(33)24(15-20-7-5-4-6-8-20)31-30(34)40-26-18-39-29-27(26)23-13-14-38-28(23)41-29/h4-12,19,23-29,33H,13-18H2,1-3H3,(H,31,34)/t23-,24+,25-,26+,27+,28+,29+/m1/s1. The fourth-order valence-corrected chi connectivity index (χ4v) is 7.54. The van der Waals surface area contributed by atoms with Gasteiger partial charge in [-0.2, -0.15) is 4.31 Å². The van der Waals surface area contributed by atoms with Gasteiger partial charge in [-0.25, -0.2) is 13.2 Å². The molecule has 1 amide bonds. The van der Waals surface area contributed by atoms with Gasteiger partial charge in [0.25, 0.3) is 0 Å². The van der Waals surface area contributed by atoms with E-state index in [2.05, 4.69) is 5.32 Å². The quantitative estimate of drug-likeness (QED) is 0.375. The number of aliphatic hydroxyl groups is 1. The second-order valence-electron chi connectivity index (χ2n) is 11.4. The topological polar surface area (TPSA) is 133 Å². The van der Waals surface area contributed by atoms with Gasteiger partial charge in [0.15, 0.2) is 12.6 Å². The zero-order valence-corrected chi connectivity index (χ0v) is 24.9. The van der Waals surface area contributed by atoms with E-state index in [1.165, 1.54) is 23.5 Å². The van der Waals surface area contributed by atoms with Crippen molar-refractivity contribution in [1.29, 1.82) is 0 Å². The fraction of sp³-hybridized carbons (Fsp3) is 0.567. The lowest BCUT2D eigenvalue weighted by Crippen LogP contribution is -2.52. The van der Waals surface area contributed by atoms with E-state index in [1.807, 2.05) is 44.2 Å². The van der Waals surface area contributed by atoms with E-state index in [0.717, 1.165) is 12.0 Å². The predicted molar refractivity (Wildman–Crippen MR) is 152 cm³/mol. The third-order valence-corrected chi connectivity index (χ3v) is 9.84. The average Bonchev–Trinajstić information content (AvgIpc) is 3.66. The van der Waals surface area contributed by atoms with Crippen LogP contribution in [0.3, 0.4) is 0 Å². The number of ether oxygens (including phenoxy) is 5. The second kappa shape index (κ2) is 13.3. The smallest absolute Gasteiger partial charge is 0.407 e. The van der Waals surface area contributed by atoms with Gasteiger partial charge in [-0.3, -0.25) is 0 Å². The Hall–Kier alpha value is -2.74. The first kappa shape index (κ1) is 30.7. The molecule has 3 heterocycles. The number of benzene rings is 2. The minimum atomic E-state index is -3.96. The van der Waals surface area contributed by atoms with Gasteiger partial charge >= 0.3 is 6.09 Å². The van der Waals surface area contributed by atoms with Crippen LogP contribution in [0, 0.1) is 17.8 Å². The van der Waals surface area contributed by atoms with Gasteiger partial charge in [0.2, 0.25) is 10.0 Å². The van der Waals surface area contributed by atoms with Crippen molar-refractivity contribution in [2.45, 2.75) is 62.4 Å². The summed E-state index contributed by atoms with van der Waals surface area (Å²) in [6.07, 6.45) is -2.21. The SMILES string of the molecule is COc1ccc(S(=O)(=O)N(CC(C)C)C[C@@H](O)[C@H](Cc2ccccc2)NC(=O)O[C@H]2CO[C@H]3O[C@@H]4OCC[C@@H]4[C@H]32)cc1. The zero-order chi connectivity index (χ0) is 29.9. The van der Waals surface area contributed by atoms with Crippen molar-refractivity contribution in [3.05, 3.63) is 60.2 Å². The number of carbonyl (C=O) groups excluding carboxylic acids is 1. The fourth-order valence-electron chi connectivity index (χ4n) is 5.92. The van der Waals surface area contributed by atoms with Crippen molar-refractivity contribution < 1.29 is 42.0 Å². The highest BCUT2D eigenvalue weighted by atomic mass is 32.2. The number of sulfonamides is 1. The molecule has 0 bridgehead atoms. The number of aliphatic hydroxyl groups excluding tert-OH is 1. The van der Waals surface area contributed by atoms with E-state index in [4.69, 9.17) is 23.7 Å². The van der Waals surface area contributed by atoms with Crippen LogP contribution in [-0.2, 0) is 35.4 Å². The van der Waals surface area contributed by atoms with Crippen molar-refractivity contribution in [3.63, 3.8) is 0 Å². The lowest BCUT2D eigenvalue weighted by molar-refractivity contribution is -0.188. The van der Waals surface area contributed by atoms with Crippen LogP contribution < -0.4 is 10.1 Å². The van der Waals surface area contributed by atoms with Crippen LogP contribution in [-0.4, -0.2) is 88.2 Å². The molecule has 3 fully saturated rings. The highest BCUT2D eigenvalue weighted by Crippen LogP contribution is 2.45. The van der Waals surface area contributed by atoms with Crippen LogP contribution in [0.1, 0.15) is 25.8 Å². The summed E-state index contributed by atoms with van der Waals surface area (Å²) in [6.45, 7) is 4.57. The van der Waals surface area contributed by atoms with E-state index >= 15 is 0 Å². The van der Waals surface area contributed by atoms with Crippen molar-refractivity contribution in [1.82, 2.24) is 9.62 Å². The Labute approximate surface area is 247 Å². The molecule has 2 N–H and O–H groups in total. The Kier molecular flexibility index (Phi) is 9.70. The molecule has 3 aliphatic rings. The van der Waals surface area contributed by atoms with Crippen molar-refractivity contribution >= 4 is 16.1 Å². The van der Waals surface area contributed by atoms with Crippen molar-refractivity contribution in [3.8, 4) is 5.75 Å². The molecule has 2 aromatic rings. The van der Waals surface area contributed by atoms with E-state index in [9.17, 15) is 18.3 Å². The lowest BCUT2D eigenvalue weighted by atomic mass is 9.89. The Morgan fingerprint density at radius 3 is 2.50 bits per heavy atom. The molecule has 3 saturated heterocycles. The third-order valence-electron chi connectivity index (χ3n) is 8.00. The van der Waals surface area contributed by atoms with Crippen LogP contribution in [0.15, 0.2) is 59.5 Å². The van der Waals surface area contributed by atoms with Gasteiger partial charge in [0, 0.05) is 19.0 Å². The summed E-state index contributed by atoms with van der Waals surface area (Å²) < 4.78 is 56.7. The Bertz CT molecular complexity index is 1290. The molecular weight excluding hydrogens is 564 g/mol. The molecular formula is C30H40N2O9S. The molecule has 3 aliphatic heterocycles. The highest BCUT2D eigenvalue weighted by molar-refractivity contribution is 7.89. The van der Waals surface area contributed by atoms with E-state index in [-0.39, 0.29) is 55.1 Å². The number of hydrogen-bond acceptors (Lipinski definition) is 9. The Morgan fingerprint density at radius 1 is 1.07 bits per heavy atom. The molecule has 12 heteroatoms. The summed E-state index contributed by atoms with van der Waals surface area (Å²) in [5.41, 5.74) is 0.870. The van der Waals surface area contributed by atoms with Crippen molar-refractivity contribution in [2.75, 3.05) is 33.4 Å². The van der Waals surface area contributed by atoms with Gasteiger partial charge in [0.1, 0.15) is 11.9 Å². The first-order valence-corrected chi connectivity index (χ1v) is 15.8. The Morgan fingerprint density at radius 2 is 1.81 bits per heavy atom. The summed E-state index contributed by atoms with van der Waals surface area (Å²) in [6, 6.07) is 14.7. The number of alkyl carbamates (subject to hydrolysis) is 1. The first-order chi connectivity index (χ1) is 20.2. The number of methoxy groups -OCH3 is 1. The number of amides is 1. The van der Waals surface area contributed by atoms with E-state index < -0.39 is 40.7 Å². The van der Waals surface area contributed by atoms with E-state index in [0.29, 0.717) is 12.4 Å². The molecule has 230 valence electrons. The van der Waals surface area contributed by atoms with Crippen LogP contribution in [0.2, 0.25) is 0 Å². The van der Waals surface area contributed by atoms with Gasteiger partial charge in [-0.15, -0.1) is 0 Å². The van der Waals surface area contributed by atoms with Gasteiger partial charge in [-0.05, 0) is 48.6 Å². The van der Waals surface area contributed by atoms with Crippen LogP contribution in [0.5, 0.6) is 5.75 Å². The normalized spacial score (nSPS) is 26.6. The van der Waals surface area contributed by atoms with Crippen LogP contribution >= 0.6 is 0 Å². The van der Waals surface area contributed by atoms with Crippen LogP contribution in [0.4, 0.5) is 4.79 Å². The summed E-state index contributed by atoms with van der Waals surface area (Å²) in [7, 11) is -2.45. The summed E-state index contributed by atoms with van der Waals surface area (Å²) in [5, 5.41) is 14.3. The number of nitrogens with zero attached hydrogens (tertiary/aromatic N) is 1. The molecule has 5 rings (SSSR count). The average molecular weight is 605 g/mol. The summed E-state index contributed by atoms with van der Waals surface area (Å²) in [4.78, 5) is 13.3. The minimum Gasteiger partial charge on any atom is -0.497 e. The van der Waals surface area contributed by atoms with Gasteiger partial charge in [-0.1, -0.05) is 44.2 Å². The molecule has 0 saturated carbocycles. The number of carbonyl (C=O) groups is 1. The largest absolute Gasteiger partial charge is 0.497 e.